The minimum atomic E-state index is -0.116. The molecule has 0 aromatic rings. The first-order valence-electron chi connectivity index (χ1n) is 5.52. The molecule has 0 bridgehead atoms. The molecule has 0 aromatic heterocycles. The molecule has 0 saturated carbocycles. The van der Waals surface area contributed by atoms with Gasteiger partial charge in [0.1, 0.15) is 6.54 Å². The first-order chi connectivity index (χ1) is 7.22. The van der Waals surface area contributed by atoms with Crippen LogP contribution in [-0.2, 0) is 4.79 Å². The summed E-state index contributed by atoms with van der Waals surface area (Å²) in [4.78, 5) is 26.3. The lowest BCUT2D eigenvalue weighted by Gasteiger charge is -2.18. The van der Waals surface area contributed by atoms with E-state index in [-0.39, 0.29) is 18.5 Å². The van der Waals surface area contributed by atoms with E-state index in [9.17, 15) is 9.59 Å². The highest BCUT2D eigenvalue weighted by atomic mass is 16.2. The molecule has 2 rings (SSSR count). The topological polar surface area (TPSA) is 52.7 Å². The van der Waals surface area contributed by atoms with Crippen LogP contribution in [0.15, 0.2) is 0 Å². The van der Waals surface area contributed by atoms with Crippen LogP contribution in [0.2, 0.25) is 0 Å². The fourth-order valence-corrected chi connectivity index (χ4v) is 2.15. The zero-order chi connectivity index (χ0) is 10.8. The fourth-order valence-electron chi connectivity index (χ4n) is 2.15. The number of likely N-dealkylation sites (N-methyl/N-ethyl adjacent to an activating group) is 1. The molecule has 2 heterocycles. The Bertz CT molecular complexity index is 274. The van der Waals surface area contributed by atoms with Crippen LogP contribution in [-0.4, -0.2) is 54.5 Å². The van der Waals surface area contributed by atoms with E-state index in [1.54, 1.807) is 4.90 Å². The van der Waals surface area contributed by atoms with Gasteiger partial charge in [-0.25, -0.2) is 4.79 Å². The number of amides is 3. The predicted molar refractivity (Wildman–Crippen MR) is 55.3 cm³/mol. The number of hydrogen-bond acceptors (Lipinski definition) is 3. The summed E-state index contributed by atoms with van der Waals surface area (Å²) in [6.07, 6.45) is 1.06. The van der Waals surface area contributed by atoms with Crippen molar-refractivity contribution in [3.8, 4) is 0 Å². The number of nitrogens with zero attached hydrogens (tertiary/aromatic N) is 2. The predicted octanol–water partition coefficient (Wildman–Crippen LogP) is -0.120. The van der Waals surface area contributed by atoms with Crippen LogP contribution < -0.4 is 5.32 Å². The number of rotatable bonds is 3. The summed E-state index contributed by atoms with van der Waals surface area (Å²) in [6, 6.07) is -0.116. The first kappa shape index (κ1) is 10.4. The number of hydrogen-bond donors (Lipinski definition) is 1. The highest BCUT2D eigenvalue weighted by molar-refractivity contribution is 6.01. The van der Waals surface area contributed by atoms with Gasteiger partial charge in [-0.1, -0.05) is 0 Å². The summed E-state index contributed by atoms with van der Waals surface area (Å²) in [5, 5.41) is 3.24. The van der Waals surface area contributed by atoms with Crippen LogP contribution in [0.4, 0.5) is 4.79 Å². The Hall–Kier alpha value is -1.10. The van der Waals surface area contributed by atoms with Gasteiger partial charge in [-0.3, -0.25) is 9.69 Å². The maximum Gasteiger partial charge on any atom is 0.327 e. The molecular formula is C10H17N3O2. The van der Waals surface area contributed by atoms with Crippen LogP contribution in [0, 0.1) is 5.92 Å². The van der Waals surface area contributed by atoms with Gasteiger partial charge in [0.05, 0.1) is 0 Å². The molecule has 84 valence electrons. The van der Waals surface area contributed by atoms with E-state index in [2.05, 4.69) is 5.32 Å². The highest BCUT2D eigenvalue weighted by Gasteiger charge is 2.36. The van der Waals surface area contributed by atoms with Crippen molar-refractivity contribution in [2.45, 2.75) is 13.3 Å². The second-order valence-electron chi connectivity index (χ2n) is 4.16. The van der Waals surface area contributed by atoms with Gasteiger partial charge in [0.15, 0.2) is 0 Å². The van der Waals surface area contributed by atoms with Crippen molar-refractivity contribution >= 4 is 11.9 Å². The van der Waals surface area contributed by atoms with Crippen molar-refractivity contribution in [2.24, 2.45) is 5.92 Å². The van der Waals surface area contributed by atoms with Gasteiger partial charge in [-0.05, 0) is 32.4 Å². The summed E-state index contributed by atoms with van der Waals surface area (Å²) in [6.45, 7) is 5.27. The van der Waals surface area contributed by atoms with Gasteiger partial charge >= 0.3 is 6.03 Å². The van der Waals surface area contributed by atoms with Crippen LogP contribution in [0.5, 0.6) is 0 Å². The third-order valence-corrected chi connectivity index (χ3v) is 3.11. The Labute approximate surface area is 89.4 Å². The Morgan fingerprint density at radius 3 is 2.80 bits per heavy atom. The molecule has 2 saturated heterocycles. The van der Waals surface area contributed by atoms with Gasteiger partial charge in [-0.2, -0.15) is 0 Å². The first-order valence-corrected chi connectivity index (χ1v) is 5.52. The molecule has 0 aromatic carbocycles. The van der Waals surface area contributed by atoms with E-state index in [4.69, 9.17) is 0 Å². The molecule has 3 amide bonds. The van der Waals surface area contributed by atoms with E-state index in [1.165, 1.54) is 4.90 Å². The molecule has 2 fully saturated rings. The minimum Gasteiger partial charge on any atom is -0.316 e. The summed E-state index contributed by atoms with van der Waals surface area (Å²) in [7, 11) is 0. The highest BCUT2D eigenvalue weighted by Crippen LogP contribution is 2.15. The molecule has 0 radical (unpaired) electrons. The Balaban J connectivity index is 1.96. The van der Waals surface area contributed by atoms with Crippen molar-refractivity contribution in [3.63, 3.8) is 0 Å². The van der Waals surface area contributed by atoms with Crippen molar-refractivity contribution in [3.05, 3.63) is 0 Å². The Morgan fingerprint density at radius 2 is 2.27 bits per heavy atom. The third kappa shape index (κ3) is 1.97. The number of carbonyl (C=O) groups is 2. The second-order valence-corrected chi connectivity index (χ2v) is 4.16. The molecule has 2 aliphatic heterocycles. The molecule has 1 N–H and O–H groups in total. The van der Waals surface area contributed by atoms with Crippen molar-refractivity contribution in [2.75, 3.05) is 32.7 Å². The van der Waals surface area contributed by atoms with E-state index in [1.807, 2.05) is 6.92 Å². The zero-order valence-corrected chi connectivity index (χ0v) is 9.03. The normalized spacial score (nSPS) is 26.9. The SMILES string of the molecule is CCN1CC(=O)N(CC2CCNC2)C1=O. The number of urea groups is 1. The fraction of sp³-hybridized carbons (Fsp3) is 0.800. The largest absolute Gasteiger partial charge is 0.327 e. The zero-order valence-electron chi connectivity index (χ0n) is 9.03. The van der Waals surface area contributed by atoms with Gasteiger partial charge in [-0.15, -0.1) is 0 Å². The van der Waals surface area contributed by atoms with Gasteiger partial charge in [0, 0.05) is 13.1 Å². The van der Waals surface area contributed by atoms with E-state index in [0.717, 1.165) is 19.5 Å². The smallest absolute Gasteiger partial charge is 0.316 e. The lowest BCUT2D eigenvalue weighted by Crippen LogP contribution is -2.37. The summed E-state index contributed by atoms with van der Waals surface area (Å²) < 4.78 is 0. The molecule has 1 atom stereocenters. The quantitative estimate of drug-likeness (QED) is 0.662. The second kappa shape index (κ2) is 4.18. The molecule has 0 spiro atoms. The number of carbonyl (C=O) groups excluding carboxylic acids is 2. The van der Waals surface area contributed by atoms with Crippen LogP contribution in [0.25, 0.3) is 0 Å². The molecule has 0 aliphatic carbocycles. The van der Waals surface area contributed by atoms with Gasteiger partial charge < -0.3 is 10.2 Å². The van der Waals surface area contributed by atoms with Crippen LogP contribution >= 0.6 is 0 Å². The molecule has 15 heavy (non-hydrogen) atoms. The average molecular weight is 211 g/mol. The summed E-state index contributed by atoms with van der Waals surface area (Å²) in [5.41, 5.74) is 0. The molecule has 2 aliphatic rings. The van der Waals surface area contributed by atoms with Crippen LogP contribution in [0.1, 0.15) is 13.3 Å². The van der Waals surface area contributed by atoms with Gasteiger partial charge in [0.25, 0.3) is 0 Å². The van der Waals surface area contributed by atoms with Crippen molar-refractivity contribution < 1.29 is 9.59 Å². The minimum absolute atomic E-state index is 0.0475. The maximum atomic E-state index is 11.7. The molecule has 1 unspecified atom stereocenters. The summed E-state index contributed by atoms with van der Waals surface area (Å²) in [5.74, 6) is 0.392. The summed E-state index contributed by atoms with van der Waals surface area (Å²) >= 11 is 0. The van der Waals surface area contributed by atoms with Gasteiger partial charge in [0.2, 0.25) is 5.91 Å². The molecule has 5 heteroatoms. The van der Waals surface area contributed by atoms with Crippen molar-refractivity contribution in [1.29, 1.82) is 0 Å². The van der Waals surface area contributed by atoms with E-state index < -0.39 is 0 Å². The monoisotopic (exact) mass is 211 g/mol. The number of imide groups is 1. The molecule has 5 nitrogen and oxygen atoms in total. The Kier molecular flexibility index (Phi) is 2.90. The lowest BCUT2D eigenvalue weighted by atomic mass is 10.1. The maximum absolute atomic E-state index is 11.7. The van der Waals surface area contributed by atoms with E-state index in [0.29, 0.717) is 19.0 Å². The Morgan fingerprint density at radius 1 is 1.47 bits per heavy atom. The lowest BCUT2D eigenvalue weighted by molar-refractivity contribution is -0.125. The van der Waals surface area contributed by atoms with E-state index >= 15 is 0 Å². The van der Waals surface area contributed by atoms with Crippen LogP contribution in [0.3, 0.4) is 0 Å². The third-order valence-electron chi connectivity index (χ3n) is 3.11. The number of nitrogens with one attached hydrogen (secondary N) is 1. The standard InChI is InChI=1S/C10H17N3O2/c1-2-12-7-9(14)13(10(12)15)6-8-3-4-11-5-8/h8,11H,2-7H2,1H3. The average Bonchev–Trinajstić information content (AvgIpc) is 2.81. The molecular weight excluding hydrogens is 194 g/mol. The van der Waals surface area contributed by atoms with Crippen molar-refractivity contribution in [1.82, 2.24) is 15.1 Å².